The van der Waals surface area contributed by atoms with Gasteiger partial charge in [0.05, 0.1) is 19.8 Å². The largest absolute Gasteiger partial charge is 0.394 e. The van der Waals surface area contributed by atoms with Crippen molar-refractivity contribution in [2.45, 2.75) is 92.1 Å². The SMILES string of the molecule is CO[C@@H]1O[C@H](CO)[C@@H](O[C@@H]2O[C@H](CO)[C@@H](O[C@@H]3O[C@H](CO)[C@H](O)[C@H](O)[C@H]3O)[C@H](O)[C@H]2O)[C@H](O)[C@H]1O. The van der Waals surface area contributed by atoms with Gasteiger partial charge in [0.25, 0.3) is 0 Å². The Balaban J connectivity index is 1.72. The molecule has 0 radical (unpaired) electrons. The number of aliphatic hydroxyl groups excluding tert-OH is 10. The maximum absolute atomic E-state index is 10.7. The second-order valence-electron chi connectivity index (χ2n) is 8.55. The minimum absolute atomic E-state index is 0.675. The highest BCUT2D eigenvalue weighted by atomic mass is 16.8. The highest BCUT2D eigenvalue weighted by molar-refractivity contribution is 4.96. The van der Waals surface area contributed by atoms with Crippen molar-refractivity contribution in [3.8, 4) is 0 Å². The van der Waals surface area contributed by atoms with E-state index in [2.05, 4.69) is 0 Å². The average molecular weight is 518 g/mol. The van der Waals surface area contributed by atoms with E-state index in [1.54, 1.807) is 0 Å². The van der Waals surface area contributed by atoms with Crippen LogP contribution in [0.25, 0.3) is 0 Å². The van der Waals surface area contributed by atoms with E-state index in [-0.39, 0.29) is 0 Å². The molecule has 35 heavy (non-hydrogen) atoms. The predicted molar refractivity (Wildman–Crippen MR) is 106 cm³/mol. The number of methoxy groups -OCH3 is 1. The van der Waals surface area contributed by atoms with Gasteiger partial charge in [-0.25, -0.2) is 0 Å². The van der Waals surface area contributed by atoms with E-state index >= 15 is 0 Å². The molecule has 0 saturated carbocycles. The minimum Gasteiger partial charge on any atom is -0.394 e. The summed E-state index contributed by atoms with van der Waals surface area (Å²) in [4.78, 5) is 0. The fraction of sp³-hybridized carbons (Fsp3) is 1.00. The molecule has 15 atom stereocenters. The molecule has 3 heterocycles. The van der Waals surface area contributed by atoms with E-state index in [9.17, 15) is 51.1 Å². The van der Waals surface area contributed by atoms with Crippen LogP contribution in [-0.4, -0.2) is 170 Å². The third-order valence-electron chi connectivity index (χ3n) is 6.30. The van der Waals surface area contributed by atoms with Crippen LogP contribution in [-0.2, 0) is 28.4 Å². The molecule has 0 aromatic heterocycles. The Bertz CT molecular complexity index is 650. The van der Waals surface area contributed by atoms with Crippen molar-refractivity contribution in [2.24, 2.45) is 0 Å². The molecular formula is C19H34O16. The summed E-state index contributed by atoms with van der Waals surface area (Å²) in [5.74, 6) is 0. The van der Waals surface area contributed by atoms with Crippen molar-refractivity contribution in [2.75, 3.05) is 26.9 Å². The number of rotatable bonds is 8. The zero-order valence-electron chi connectivity index (χ0n) is 18.7. The van der Waals surface area contributed by atoms with Gasteiger partial charge < -0.3 is 79.5 Å². The maximum Gasteiger partial charge on any atom is 0.187 e. The molecule has 16 heteroatoms. The average Bonchev–Trinajstić information content (AvgIpc) is 2.86. The van der Waals surface area contributed by atoms with E-state index in [1.165, 1.54) is 7.11 Å². The maximum atomic E-state index is 10.7. The molecule has 3 fully saturated rings. The van der Waals surface area contributed by atoms with Gasteiger partial charge in [-0.3, -0.25) is 0 Å². The molecule has 0 aromatic carbocycles. The molecule has 3 aliphatic rings. The fourth-order valence-corrected chi connectivity index (χ4v) is 4.24. The van der Waals surface area contributed by atoms with Gasteiger partial charge in [0.1, 0.15) is 73.2 Å². The van der Waals surface area contributed by atoms with Gasteiger partial charge in [-0.1, -0.05) is 0 Å². The second-order valence-corrected chi connectivity index (χ2v) is 8.55. The van der Waals surface area contributed by atoms with Crippen LogP contribution in [0.4, 0.5) is 0 Å². The van der Waals surface area contributed by atoms with Gasteiger partial charge in [0, 0.05) is 7.11 Å². The first kappa shape index (κ1) is 28.9. The number of aliphatic hydroxyl groups is 10. The molecule has 0 spiro atoms. The molecule has 0 aromatic rings. The predicted octanol–water partition coefficient (Wildman–Crippen LogP) is -6.92. The molecule has 0 aliphatic carbocycles. The summed E-state index contributed by atoms with van der Waals surface area (Å²) in [7, 11) is 1.21. The fourth-order valence-electron chi connectivity index (χ4n) is 4.24. The smallest absolute Gasteiger partial charge is 0.187 e. The van der Waals surface area contributed by atoms with Gasteiger partial charge in [-0.05, 0) is 0 Å². The van der Waals surface area contributed by atoms with Crippen molar-refractivity contribution >= 4 is 0 Å². The van der Waals surface area contributed by atoms with Crippen molar-refractivity contribution in [3.05, 3.63) is 0 Å². The zero-order valence-corrected chi connectivity index (χ0v) is 18.7. The molecule has 3 saturated heterocycles. The van der Waals surface area contributed by atoms with Crippen molar-refractivity contribution in [3.63, 3.8) is 0 Å². The summed E-state index contributed by atoms with van der Waals surface area (Å²) in [5.41, 5.74) is 0. The first-order chi connectivity index (χ1) is 16.6. The van der Waals surface area contributed by atoms with E-state index in [0.29, 0.717) is 0 Å². The van der Waals surface area contributed by atoms with Crippen LogP contribution in [0, 0.1) is 0 Å². The lowest BCUT2D eigenvalue weighted by atomic mass is 9.96. The molecular weight excluding hydrogens is 484 g/mol. The van der Waals surface area contributed by atoms with Crippen LogP contribution < -0.4 is 0 Å². The minimum atomic E-state index is -1.88. The Morgan fingerprint density at radius 1 is 0.486 bits per heavy atom. The standard InChI is InChI=1S/C19H34O16/c1-30-17-13(28)10(25)15(6(3-21)32-17)35-19-14(29)11(26)16(7(4-22)33-19)34-18-12(27)9(24)8(23)5(2-20)31-18/h5-29H,2-4H2,1H3/t5-,6-,7-,8+,9+,10-,11-,12-,13-,14-,15-,16-,17-,18+,19+/m1/s1. The summed E-state index contributed by atoms with van der Waals surface area (Å²) in [6.07, 6.45) is -23.8. The van der Waals surface area contributed by atoms with Crippen LogP contribution in [0.3, 0.4) is 0 Å². The Morgan fingerprint density at radius 2 is 0.857 bits per heavy atom. The molecule has 0 unspecified atom stereocenters. The number of ether oxygens (including phenoxy) is 6. The van der Waals surface area contributed by atoms with Gasteiger partial charge >= 0.3 is 0 Å². The molecule has 0 amide bonds. The first-order valence-electron chi connectivity index (χ1n) is 11.0. The van der Waals surface area contributed by atoms with Gasteiger partial charge in [-0.2, -0.15) is 0 Å². The summed E-state index contributed by atoms with van der Waals surface area (Å²) in [6.45, 7) is -2.21. The monoisotopic (exact) mass is 518 g/mol. The summed E-state index contributed by atoms with van der Waals surface area (Å²) >= 11 is 0. The molecule has 10 N–H and O–H groups in total. The number of hydrogen-bond acceptors (Lipinski definition) is 16. The van der Waals surface area contributed by atoms with Crippen LogP contribution in [0.5, 0.6) is 0 Å². The lowest BCUT2D eigenvalue weighted by Gasteiger charge is -2.48. The van der Waals surface area contributed by atoms with Crippen LogP contribution in [0.1, 0.15) is 0 Å². The Hall–Kier alpha value is -0.640. The normalized spacial score (nSPS) is 51.3. The summed E-state index contributed by atoms with van der Waals surface area (Å²) in [6, 6.07) is 0. The van der Waals surface area contributed by atoms with Crippen molar-refractivity contribution in [1.29, 1.82) is 0 Å². The van der Waals surface area contributed by atoms with E-state index < -0.39 is 112 Å². The third-order valence-corrected chi connectivity index (χ3v) is 6.30. The number of hydrogen-bond donors (Lipinski definition) is 10. The highest BCUT2D eigenvalue weighted by Gasteiger charge is 2.53. The highest BCUT2D eigenvalue weighted by Crippen LogP contribution is 2.32. The quantitative estimate of drug-likeness (QED) is 0.143. The van der Waals surface area contributed by atoms with E-state index in [4.69, 9.17) is 28.4 Å². The lowest BCUT2D eigenvalue weighted by molar-refractivity contribution is -0.378. The lowest BCUT2D eigenvalue weighted by Crippen LogP contribution is -2.66. The van der Waals surface area contributed by atoms with Crippen LogP contribution in [0.2, 0.25) is 0 Å². The molecule has 0 bridgehead atoms. The van der Waals surface area contributed by atoms with Crippen LogP contribution in [0.15, 0.2) is 0 Å². The van der Waals surface area contributed by atoms with Crippen LogP contribution >= 0.6 is 0 Å². The van der Waals surface area contributed by atoms with Gasteiger partial charge in [-0.15, -0.1) is 0 Å². The summed E-state index contributed by atoms with van der Waals surface area (Å²) in [5, 5.41) is 100. The van der Waals surface area contributed by atoms with Gasteiger partial charge in [0.15, 0.2) is 18.9 Å². The Labute approximate surface area is 199 Å². The van der Waals surface area contributed by atoms with Crippen molar-refractivity contribution < 1.29 is 79.5 Å². The molecule has 206 valence electrons. The first-order valence-corrected chi connectivity index (χ1v) is 11.0. The Kier molecular flexibility index (Phi) is 10.1. The third kappa shape index (κ3) is 5.78. The second kappa shape index (κ2) is 12.3. The molecule has 16 nitrogen and oxygen atoms in total. The van der Waals surface area contributed by atoms with E-state index in [0.717, 1.165) is 0 Å². The molecule has 3 aliphatic heterocycles. The topological polar surface area (TPSA) is 258 Å². The van der Waals surface area contributed by atoms with Crippen molar-refractivity contribution in [1.82, 2.24) is 0 Å². The molecule has 3 rings (SSSR count). The zero-order chi connectivity index (χ0) is 26.0. The Morgan fingerprint density at radius 3 is 1.29 bits per heavy atom. The summed E-state index contributed by atoms with van der Waals surface area (Å²) < 4.78 is 31.9. The van der Waals surface area contributed by atoms with Gasteiger partial charge in [0.2, 0.25) is 0 Å². The van der Waals surface area contributed by atoms with E-state index in [1.807, 2.05) is 0 Å².